The summed E-state index contributed by atoms with van der Waals surface area (Å²) in [5.74, 6) is 0.561. The van der Waals surface area contributed by atoms with Crippen LogP contribution in [0.1, 0.15) is 19.2 Å². The van der Waals surface area contributed by atoms with Crippen molar-refractivity contribution >= 4 is 16.6 Å². The molecule has 1 heterocycles. The van der Waals surface area contributed by atoms with Gasteiger partial charge in [0.25, 0.3) is 11.2 Å². The van der Waals surface area contributed by atoms with E-state index in [1.807, 2.05) is 6.92 Å². The first-order chi connectivity index (χ1) is 8.13. The minimum Gasteiger partial charge on any atom is -0.310 e. The summed E-state index contributed by atoms with van der Waals surface area (Å²) in [6.07, 6.45) is 1.50. The first-order valence-electron chi connectivity index (χ1n) is 5.29. The zero-order valence-corrected chi connectivity index (χ0v) is 9.27. The fourth-order valence-electron chi connectivity index (χ4n) is 1.73. The Labute approximate surface area is 96.5 Å². The van der Waals surface area contributed by atoms with E-state index in [-0.39, 0.29) is 11.1 Å². The van der Waals surface area contributed by atoms with Crippen molar-refractivity contribution in [2.75, 3.05) is 0 Å². The molecule has 0 radical (unpaired) electrons. The Kier molecular flexibility index (Phi) is 2.86. The molecule has 6 heteroatoms. The van der Waals surface area contributed by atoms with E-state index in [4.69, 9.17) is 0 Å². The molecule has 0 saturated heterocycles. The molecule has 0 aliphatic carbocycles. The van der Waals surface area contributed by atoms with E-state index < -0.39 is 10.5 Å². The molecule has 0 aliphatic rings. The zero-order chi connectivity index (χ0) is 12.4. The third kappa shape index (κ3) is 2.01. The molecule has 0 unspecified atom stereocenters. The van der Waals surface area contributed by atoms with E-state index in [0.717, 1.165) is 6.42 Å². The van der Waals surface area contributed by atoms with Crippen molar-refractivity contribution in [2.24, 2.45) is 0 Å². The highest BCUT2D eigenvalue weighted by atomic mass is 16.6. The minimum absolute atomic E-state index is 0.0392. The highest BCUT2D eigenvalue weighted by molar-refractivity contribution is 5.86. The molecule has 0 amide bonds. The normalized spacial score (nSPS) is 10.6. The van der Waals surface area contributed by atoms with E-state index in [1.54, 1.807) is 6.07 Å². The van der Waals surface area contributed by atoms with Gasteiger partial charge in [0.1, 0.15) is 11.2 Å². The molecule has 2 aromatic rings. The number of nitro groups is 1. The summed E-state index contributed by atoms with van der Waals surface area (Å²) in [6, 6.07) is 4.44. The number of H-pyrrole nitrogens is 1. The molecule has 2 rings (SSSR count). The van der Waals surface area contributed by atoms with Crippen LogP contribution in [0, 0.1) is 10.1 Å². The maximum absolute atomic E-state index is 11.8. The van der Waals surface area contributed by atoms with Gasteiger partial charge in [-0.3, -0.25) is 14.9 Å². The molecule has 0 fully saturated rings. The van der Waals surface area contributed by atoms with Gasteiger partial charge in [-0.2, -0.15) is 0 Å². The molecule has 0 spiro atoms. The summed E-state index contributed by atoms with van der Waals surface area (Å²) in [5.41, 5.74) is -0.295. The first-order valence-corrected chi connectivity index (χ1v) is 5.29. The van der Waals surface area contributed by atoms with Gasteiger partial charge < -0.3 is 4.98 Å². The monoisotopic (exact) mass is 233 g/mol. The predicted octanol–water partition coefficient (Wildman–Crippen LogP) is 1.78. The minimum atomic E-state index is -0.571. The van der Waals surface area contributed by atoms with Gasteiger partial charge in [0.2, 0.25) is 0 Å². The first kappa shape index (κ1) is 11.3. The number of rotatable bonds is 3. The van der Waals surface area contributed by atoms with Crippen molar-refractivity contribution in [1.29, 1.82) is 0 Å². The smallest absolute Gasteiger partial charge is 0.284 e. The number of hydrogen-bond acceptors (Lipinski definition) is 4. The Balaban J connectivity index is 2.76. The number of nitro benzene ring substituents is 1. The molecule has 6 nitrogen and oxygen atoms in total. The Morgan fingerprint density at radius 1 is 1.47 bits per heavy atom. The van der Waals surface area contributed by atoms with Crippen LogP contribution < -0.4 is 5.56 Å². The van der Waals surface area contributed by atoms with E-state index >= 15 is 0 Å². The van der Waals surface area contributed by atoms with E-state index in [2.05, 4.69) is 9.97 Å². The number of benzene rings is 1. The summed E-state index contributed by atoms with van der Waals surface area (Å²) >= 11 is 0. The van der Waals surface area contributed by atoms with Crippen LogP contribution >= 0.6 is 0 Å². The van der Waals surface area contributed by atoms with E-state index in [9.17, 15) is 14.9 Å². The topological polar surface area (TPSA) is 88.9 Å². The summed E-state index contributed by atoms with van der Waals surface area (Å²) in [4.78, 5) is 28.8. The van der Waals surface area contributed by atoms with Crippen molar-refractivity contribution in [3.8, 4) is 0 Å². The van der Waals surface area contributed by atoms with Gasteiger partial charge in [0.15, 0.2) is 0 Å². The van der Waals surface area contributed by atoms with E-state index in [0.29, 0.717) is 17.8 Å². The predicted molar refractivity (Wildman–Crippen MR) is 63.0 cm³/mol. The van der Waals surface area contributed by atoms with Gasteiger partial charge in [0.05, 0.1) is 10.4 Å². The third-order valence-electron chi connectivity index (χ3n) is 2.44. The molecular weight excluding hydrogens is 222 g/mol. The summed E-state index contributed by atoms with van der Waals surface area (Å²) < 4.78 is 0. The molecule has 0 bridgehead atoms. The second-order valence-electron chi connectivity index (χ2n) is 3.69. The van der Waals surface area contributed by atoms with Crippen LogP contribution in [0.25, 0.3) is 10.9 Å². The molecule has 0 atom stereocenters. The van der Waals surface area contributed by atoms with E-state index in [1.165, 1.54) is 12.1 Å². The number of fused-ring (bicyclic) bond motifs is 1. The largest absolute Gasteiger partial charge is 0.310 e. The van der Waals surface area contributed by atoms with Crippen molar-refractivity contribution < 1.29 is 4.92 Å². The van der Waals surface area contributed by atoms with Crippen LogP contribution in [-0.2, 0) is 6.42 Å². The van der Waals surface area contributed by atoms with Crippen LogP contribution in [0.4, 0.5) is 5.69 Å². The number of aromatic amines is 1. The number of aryl methyl sites for hydroxylation is 1. The van der Waals surface area contributed by atoms with Gasteiger partial charge in [-0.15, -0.1) is 0 Å². The average Bonchev–Trinajstić information content (AvgIpc) is 2.28. The van der Waals surface area contributed by atoms with Crippen LogP contribution in [0.5, 0.6) is 0 Å². The maximum atomic E-state index is 11.8. The zero-order valence-electron chi connectivity index (χ0n) is 9.27. The van der Waals surface area contributed by atoms with Gasteiger partial charge in [-0.05, 0) is 12.5 Å². The maximum Gasteiger partial charge on any atom is 0.284 e. The fourth-order valence-corrected chi connectivity index (χ4v) is 1.73. The van der Waals surface area contributed by atoms with Crippen molar-refractivity contribution in [3.63, 3.8) is 0 Å². The summed E-state index contributed by atoms with van der Waals surface area (Å²) in [6.45, 7) is 1.97. The molecule has 1 aromatic carbocycles. The lowest BCUT2D eigenvalue weighted by Gasteiger charge is -2.01. The number of nitrogens with zero attached hydrogens (tertiary/aromatic N) is 2. The summed E-state index contributed by atoms with van der Waals surface area (Å²) in [7, 11) is 0. The average molecular weight is 233 g/mol. The lowest BCUT2D eigenvalue weighted by Crippen LogP contribution is -2.13. The van der Waals surface area contributed by atoms with Gasteiger partial charge in [-0.25, -0.2) is 4.98 Å². The van der Waals surface area contributed by atoms with Gasteiger partial charge >= 0.3 is 0 Å². The number of non-ortho nitro benzene ring substituents is 1. The standard InChI is InChI=1S/C11H11N3O3/c1-2-4-9-12-7-5-3-6-8(14(16)17)10(7)11(15)13-9/h3,5-6H,2,4H2,1H3,(H,12,13,15). The molecule has 88 valence electrons. The Morgan fingerprint density at radius 2 is 2.24 bits per heavy atom. The van der Waals surface area contributed by atoms with Crippen molar-refractivity contribution in [2.45, 2.75) is 19.8 Å². The van der Waals surface area contributed by atoms with Gasteiger partial charge in [0, 0.05) is 12.5 Å². The Morgan fingerprint density at radius 3 is 2.88 bits per heavy atom. The van der Waals surface area contributed by atoms with Crippen LogP contribution in [-0.4, -0.2) is 14.9 Å². The second kappa shape index (κ2) is 4.32. The number of nitrogens with one attached hydrogen (secondary N) is 1. The molecule has 0 saturated carbocycles. The van der Waals surface area contributed by atoms with Crippen molar-refractivity contribution in [1.82, 2.24) is 9.97 Å². The van der Waals surface area contributed by atoms with Crippen LogP contribution in [0.15, 0.2) is 23.0 Å². The highest BCUT2D eigenvalue weighted by Crippen LogP contribution is 2.20. The molecule has 0 aliphatic heterocycles. The van der Waals surface area contributed by atoms with Crippen molar-refractivity contribution in [3.05, 3.63) is 44.5 Å². The fraction of sp³-hybridized carbons (Fsp3) is 0.273. The lowest BCUT2D eigenvalue weighted by atomic mass is 10.2. The lowest BCUT2D eigenvalue weighted by molar-refractivity contribution is -0.383. The third-order valence-corrected chi connectivity index (χ3v) is 2.44. The quantitative estimate of drug-likeness (QED) is 0.646. The second-order valence-corrected chi connectivity index (χ2v) is 3.69. The number of aromatic nitrogens is 2. The summed E-state index contributed by atoms with van der Waals surface area (Å²) in [5, 5.41) is 10.8. The van der Waals surface area contributed by atoms with Gasteiger partial charge in [-0.1, -0.05) is 13.0 Å². The molecule has 1 N–H and O–H groups in total. The van der Waals surface area contributed by atoms with Crippen LogP contribution in [0.2, 0.25) is 0 Å². The molecular formula is C11H11N3O3. The highest BCUT2D eigenvalue weighted by Gasteiger charge is 2.16. The molecule has 1 aromatic heterocycles. The van der Waals surface area contributed by atoms with Crippen LogP contribution in [0.3, 0.4) is 0 Å². The number of hydrogen-bond donors (Lipinski definition) is 1. The Hall–Kier alpha value is -2.24. The SMILES string of the molecule is CCCc1nc2cccc([N+](=O)[O-])c2c(=O)[nH]1. The molecule has 17 heavy (non-hydrogen) atoms. The Bertz CT molecular complexity index is 633.